The number of aromatic nitrogens is 3. The highest BCUT2D eigenvalue weighted by Crippen LogP contribution is 2.27. The van der Waals surface area contributed by atoms with Crippen LogP contribution in [0.2, 0.25) is 0 Å². The first-order valence-corrected chi connectivity index (χ1v) is 10.5. The Kier molecular flexibility index (Phi) is 6.59. The van der Waals surface area contributed by atoms with Crippen LogP contribution in [0, 0.1) is 27.7 Å². The lowest BCUT2D eigenvalue weighted by Crippen LogP contribution is -2.14. The number of hydrogen-bond acceptors (Lipinski definition) is 6. The molecule has 0 spiro atoms. The lowest BCUT2D eigenvalue weighted by atomic mass is 10.1. The van der Waals surface area contributed by atoms with Gasteiger partial charge in [0, 0.05) is 29.6 Å². The van der Waals surface area contributed by atoms with Gasteiger partial charge < -0.3 is 13.7 Å². The number of rotatable bonds is 8. The van der Waals surface area contributed by atoms with Gasteiger partial charge in [-0.15, -0.1) is 10.2 Å². The molecule has 0 saturated carbocycles. The smallest absolute Gasteiger partial charge is 0.277 e. The maximum Gasteiger partial charge on any atom is 0.277 e. The third-order valence-electron chi connectivity index (χ3n) is 4.84. The van der Waals surface area contributed by atoms with Crippen molar-refractivity contribution < 1.29 is 13.9 Å². The molecule has 0 N–H and O–H groups in total. The number of thioether (sulfide) groups is 1. The van der Waals surface area contributed by atoms with Crippen LogP contribution in [0.15, 0.2) is 33.9 Å². The molecule has 1 unspecified atom stereocenters. The van der Waals surface area contributed by atoms with Gasteiger partial charge in [0.15, 0.2) is 5.78 Å². The van der Waals surface area contributed by atoms with Gasteiger partial charge in [-0.2, -0.15) is 0 Å². The van der Waals surface area contributed by atoms with Crippen molar-refractivity contribution in [1.29, 1.82) is 0 Å². The van der Waals surface area contributed by atoms with E-state index in [9.17, 15) is 4.79 Å². The summed E-state index contributed by atoms with van der Waals surface area (Å²) in [6.45, 7) is 10.7. The van der Waals surface area contributed by atoms with E-state index in [4.69, 9.17) is 9.15 Å². The quantitative estimate of drug-likeness (QED) is 0.384. The topological polar surface area (TPSA) is 70.2 Å². The highest BCUT2D eigenvalue weighted by Gasteiger charge is 2.20. The molecule has 3 rings (SSSR count). The van der Waals surface area contributed by atoms with Crippen molar-refractivity contribution in [3.05, 3.63) is 52.3 Å². The average molecular weight is 414 g/mol. The van der Waals surface area contributed by atoms with Crippen LogP contribution >= 0.6 is 11.8 Å². The first-order chi connectivity index (χ1) is 13.8. The third-order valence-corrected chi connectivity index (χ3v) is 5.65. The fourth-order valence-corrected chi connectivity index (χ4v) is 4.39. The maximum absolute atomic E-state index is 12.8. The van der Waals surface area contributed by atoms with E-state index in [2.05, 4.69) is 27.8 Å². The molecule has 0 aliphatic rings. The third kappa shape index (κ3) is 4.79. The second kappa shape index (κ2) is 8.97. The van der Waals surface area contributed by atoms with Gasteiger partial charge in [-0.05, 0) is 52.8 Å². The van der Waals surface area contributed by atoms with Gasteiger partial charge in [0.05, 0.1) is 18.4 Å². The molecular formula is C22H27N3O3S. The van der Waals surface area contributed by atoms with Crippen LogP contribution in [-0.2, 0) is 4.74 Å². The Morgan fingerprint density at radius 1 is 1.14 bits per heavy atom. The molecule has 1 aromatic carbocycles. The molecule has 0 radical (unpaired) electrons. The van der Waals surface area contributed by atoms with Crippen molar-refractivity contribution in [1.82, 2.24) is 14.8 Å². The monoisotopic (exact) mass is 413 g/mol. The molecular weight excluding hydrogens is 386 g/mol. The molecule has 0 saturated heterocycles. The summed E-state index contributed by atoms with van der Waals surface area (Å²) in [5, 5.41) is 8.62. The predicted octanol–water partition coefficient (Wildman–Crippen LogP) is 4.95. The minimum Gasteiger partial charge on any atom is -0.411 e. The summed E-state index contributed by atoms with van der Waals surface area (Å²) in [5.74, 6) is 0.765. The van der Waals surface area contributed by atoms with Crippen LogP contribution in [0.4, 0.5) is 0 Å². The Labute approximate surface area is 175 Å². The van der Waals surface area contributed by atoms with Crippen molar-refractivity contribution in [2.75, 3.05) is 19.5 Å². The number of carbonyl (C=O) groups excluding carboxylic acids is 1. The van der Waals surface area contributed by atoms with Gasteiger partial charge in [-0.25, -0.2) is 0 Å². The van der Waals surface area contributed by atoms with Crippen LogP contribution in [0.5, 0.6) is 0 Å². The summed E-state index contributed by atoms with van der Waals surface area (Å²) in [4.78, 5) is 12.8. The number of benzene rings is 1. The van der Waals surface area contributed by atoms with Crippen molar-refractivity contribution in [2.24, 2.45) is 0 Å². The van der Waals surface area contributed by atoms with E-state index in [1.165, 1.54) is 11.8 Å². The molecule has 0 aliphatic carbocycles. The lowest BCUT2D eigenvalue weighted by Gasteiger charge is -2.17. The van der Waals surface area contributed by atoms with Gasteiger partial charge in [-0.3, -0.25) is 4.79 Å². The van der Waals surface area contributed by atoms with E-state index in [0.717, 1.165) is 33.6 Å². The average Bonchev–Trinajstić information content (AvgIpc) is 3.23. The van der Waals surface area contributed by atoms with Gasteiger partial charge in [0.25, 0.3) is 5.22 Å². The first-order valence-electron chi connectivity index (χ1n) is 9.55. The summed E-state index contributed by atoms with van der Waals surface area (Å²) in [6.07, 6.45) is 0. The number of aryl methyl sites for hydroxylation is 3. The maximum atomic E-state index is 12.8. The number of carbonyl (C=O) groups is 1. The second-order valence-electron chi connectivity index (χ2n) is 7.42. The number of ketones is 1. The van der Waals surface area contributed by atoms with Crippen LogP contribution in [-0.4, -0.2) is 40.0 Å². The van der Waals surface area contributed by atoms with E-state index < -0.39 is 0 Å². The van der Waals surface area contributed by atoms with Crippen LogP contribution < -0.4 is 0 Å². The Hall–Kier alpha value is -2.38. The molecule has 29 heavy (non-hydrogen) atoms. The van der Waals surface area contributed by atoms with E-state index in [1.807, 2.05) is 45.9 Å². The highest BCUT2D eigenvalue weighted by molar-refractivity contribution is 7.99. The standard InChI is InChI=1S/C22H27N3O3S/c1-13-7-14(2)9-18(8-13)21-23-24-22(28-21)29-12-20(26)19-10-15(3)25(17(19)5)16(4)11-27-6/h7-10,16H,11-12H2,1-6H3. The van der Waals surface area contributed by atoms with Crippen molar-refractivity contribution in [2.45, 2.75) is 45.9 Å². The molecule has 2 aromatic heterocycles. The van der Waals surface area contributed by atoms with E-state index >= 15 is 0 Å². The molecule has 0 aliphatic heterocycles. The molecule has 1 atom stereocenters. The lowest BCUT2D eigenvalue weighted by molar-refractivity contribution is 0.102. The van der Waals surface area contributed by atoms with Crippen LogP contribution in [0.25, 0.3) is 11.5 Å². The van der Waals surface area contributed by atoms with Crippen molar-refractivity contribution >= 4 is 17.5 Å². The zero-order chi connectivity index (χ0) is 21.1. The number of hydrogen-bond donors (Lipinski definition) is 0. The number of nitrogens with zero attached hydrogens (tertiary/aromatic N) is 3. The SMILES string of the molecule is COCC(C)n1c(C)cc(C(=O)CSc2nnc(-c3cc(C)cc(C)c3)o2)c1C. The number of Topliss-reactive ketones (excluding diaryl/α,β-unsaturated/α-hetero) is 1. The van der Waals surface area contributed by atoms with E-state index in [-0.39, 0.29) is 17.6 Å². The summed E-state index contributed by atoms with van der Waals surface area (Å²) in [5.41, 5.74) is 5.91. The number of methoxy groups -OCH3 is 1. The van der Waals surface area contributed by atoms with Crippen LogP contribution in [0.1, 0.15) is 45.8 Å². The van der Waals surface area contributed by atoms with Crippen LogP contribution in [0.3, 0.4) is 0 Å². The molecule has 7 heteroatoms. The van der Waals surface area contributed by atoms with Gasteiger partial charge >= 0.3 is 0 Å². The highest BCUT2D eigenvalue weighted by atomic mass is 32.2. The van der Waals surface area contributed by atoms with E-state index in [0.29, 0.717) is 17.7 Å². The zero-order valence-electron chi connectivity index (χ0n) is 17.8. The minimum atomic E-state index is 0.0464. The van der Waals surface area contributed by atoms with Gasteiger partial charge in [0.1, 0.15) is 0 Å². The predicted molar refractivity (Wildman–Crippen MR) is 115 cm³/mol. The summed E-state index contributed by atoms with van der Waals surface area (Å²) >= 11 is 1.27. The molecule has 0 bridgehead atoms. The largest absolute Gasteiger partial charge is 0.411 e. The summed E-state index contributed by atoms with van der Waals surface area (Å²) in [7, 11) is 1.68. The van der Waals surface area contributed by atoms with Gasteiger partial charge in [-0.1, -0.05) is 29.0 Å². The summed E-state index contributed by atoms with van der Waals surface area (Å²) < 4.78 is 13.2. The van der Waals surface area contributed by atoms with E-state index in [1.54, 1.807) is 7.11 Å². The first kappa shape index (κ1) is 21.3. The summed E-state index contributed by atoms with van der Waals surface area (Å²) in [6, 6.07) is 8.23. The Morgan fingerprint density at radius 3 is 2.48 bits per heavy atom. The zero-order valence-corrected chi connectivity index (χ0v) is 18.6. The Balaban J connectivity index is 1.70. The fourth-order valence-electron chi connectivity index (χ4n) is 3.74. The van der Waals surface area contributed by atoms with Crippen molar-refractivity contribution in [3.63, 3.8) is 0 Å². The normalized spacial score (nSPS) is 12.3. The van der Waals surface area contributed by atoms with Gasteiger partial charge in [0.2, 0.25) is 5.89 Å². The Morgan fingerprint density at radius 2 is 1.83 bits per heavy atom. The molecule has 2 heterocycles. The number of ether oxygens (including phenoxy) is 1. The fraction of sp³-hybridized carbons (Fsp3) is 0.409. The molecule has 154 valence electrons. The molecule has 3 aromatic rings. The Bertz CT molecular complexity index is 1000. The van der Waals surface area contributed by atoms with Crippen molar-refractivity contribution in [3.8, 4) is 11.5 Å². The second-order valence-corrected chi connectivity index (χ2v) is 8.35. The minimum absolute atomic E-state index is 0.0464. The molecule has 6 nitrogen and oxygen atoms in total. The molecule has 0 amide bonds. The molecule has 0 fully saturated rings.